The summed E-state index contributed by atoms with van der Waals surface area (Å²) in [5.41, 5.74) is 5.45. The van der Waals surface area contributed by atoms with Crippen molar-refractivity contribution in [2.75, 3.05) is 32.1 Å². The van der Waals surface area contributed by atoms with Crippen LogP contribution in [0.3, 0.4) is 0 Å². The van der Waals surface area contributed by atoms with Gasteiger partial charge in [0, 0.05) is 19.7 Å². The normalized spacial score (nSPS) is 30.6. The number of hydrogen-bond donors (Lipinski definition) is 2. The third-order valence-electron chi connectivity index (χ3n) is 3.29. The number of nitrogens with zero attached hydrogens (tertiary/aromatic N) is 2. The minimum Gasteiger partial charge on any atom is -0.409 e. The molecule has 0 aromatic carbocycles. The summed E-state index contributed by atoms with van der Waals surface area (Å²) in [6.07, 6.45) is 0.747. The van der Waals surface area contributed by atoms with Gasteiger partial charge in [-0.05, 0) is 12.8 Å². The zero-order valence-electron chi connectivity index (χ0n) is 10.6. The highest BCUT2D eigenvalue weighted by molar-refractivity contribution is 7.89. The number of rotatable bonds is 4. The quantitative estimate of drug-likeness (QED) is 0.295. The van der Waals surface area contributed by atoms with Crippen molar-refractivity contribution in [3.8, 4) is 0 Å². The van der Waals surface area contributed by atoms with Crippen molar-refractivity contribution in [2.45, 2.75) is 25.0 Å². The zero-order valence-corrected chi connectivity index (χ0v) is 11.4. The third-order valence-corrected chi connectivity index (χ3v) is 5.20. The van der Waals surface area contributed by atoms with Gasteiger partial charge < -0.3 is 20.4 Å². The summed E-state index contributed by atoms with van der Waals surface area (Å²) >= 11 is 0. The zero-order chi connectivity index (χ0) is 13.9. The number of hydrogen-bond acceptors (Lipinski definition) is 6. The predicted octanol–water partition coefficient (Wildman–Crippen LogP) is -1.06. The summed E-state index contributed by atoms with van der Waals surface area (Å²) in [6.45, 7) is 1.21. The molecule has 0 amide bonds. The Morgan fingerprint density at radius 1 is 1.42 bits per heavy atom. The number of nitrogens with two attached hydrogens (primary N) is 1. The highest BCUT2D eigenvalue weighted by Crippen LogP contribution is 2.18. The minimum atomic E-state index is -3.41. The van der Waals surface area contributed by atoms with Crippen LogP contribution in [-0.2, 0) is 19.5 Å². The highest BCUT2D eigenvalue weighted by Gasteiger charge is 2.34. The van der Waals surface area contributed by atoms with Crippen molar-refractivity contribution in [2.24, 2.45) is 10.9 Å². The Bertz CT molecular complexity index is 432. The lowest BCUT2D eigenvalue weighted by Crippen LogP contribution is -2.51. The van der Waals surface area contributed by atoms with Crippen molar-refractivity contribution in [3.63, 3.8) is 0 Å². The molecule has 0 radical (unpaired) electrons. The molecule has 2 aliphatic heterocycles. The van der Waals surface area contributed by atoms with Crippen LogP contribution in [0.2, 0.25) is 0 Å². The Morgan fingerprint density at radius 2 is 2.21 bits per heavy atom. The molecule has 0 bridgehead atoms. The molecule has 2 heterocycles. The molecule has 0 aromatic rings. The molecule has 2 atom stereocenters. The molecular weight excluding hydrogens is 274 g/mol. The fourth-order valence-corrected chi connectivity index (χ4v) is 3.90. The van der Waals surface area contributed by atoms with E-state index < -0.39 is 16.1 Å². The first-order valence-corrected chi connectivity index (χ1v) is 7.82. The van der Waals surface area contributed by atoms with E-state index in [4.69, 9.17) is 20.4 Å². The van der Waals surface area contributed by atoms with Gasteiger partial charge in [0.15, 0.2) is 5.84 Å². The summed E-state index contributed by atoms with van der Waals surface area (Å²) in [7, 11) is -3.41. The second-order valence-corrected chi connectivity index (χ2v) is 6.67. The Hall–Kier alpha value is -0.900. The van der Waals surface area contributed by atoms with Crippen LogP contribution in [0.25, 0.3) is 0 Å². The first kappa shape index (κ1) is 14.5. The molecule has 110 valence electrons. The van der Waals surface area contributed by atoms with Gasteiger partial charge in [0.25, 0.3) is 0 Å². The van der Waals surface area contributed by atoms with E-state index >= 15 is 0 Å². The van der Waals surface area contributed by atoms with E-state index in [9.17, 15) is 8.42 Å². The largest absolute Gasteiger partial charge is 0.409 e. The van der Waals surface area contributed by atoms with E-state index in [1.54, 1.807) is 0 Å². The molecule has 2 rings (SSSR count). The van der Waals surface area contributed by atoms with Crippen LogP contribution in [0.15, 0.2) is 5.16 Å². The third kappa shape index (κ3) is 3.56. The van der Waals surface area contributed by atoms with Crippen molar-refractivity contribution in [1.82, 2.24) is 4.31 Å². The van der Waals surface area contributed by atoms with Gasteiger partial charge in [-0.3, -0.25) is 0 Å². The van der Waals surface area contributed by atoms with Gasteiger partial charge in [0.05, 0.1) is 18.5 Å². The van der Waals surface area contributed by atoms with Gasteiger partial charge >= 0.3 is 0 Å². The maximum absolute atomic E-state index is 12.2. The van der Waals surface area contributed by atoms with Crippen LogP contribution < -0.4 is 5.73 Å². The van der Waals surface area contributed by atoms with E-state index in [1.807, 2.05) is 0 Å². The van der Waals surface area contributed by atoms with Crippen molar-refractivity contribution in [3.05, 3.63) is 0 Å². The Morgan fingerprint density at radius 3 is 2.84 bits per heavy atom. The SMILES string of the molecule is NC(=NO)C1CN(S(=O)(=O)CC2CCCO2)CCO1. The van der Waals surface area contributed by atoms with Crippen molar-refractivity contribution >= 4 is 15.9 Å². The molecular formula is C10H19N3O5S. The lowest BCUT2D eigenvalue weighted by Gasteiger charge is -2.31. The molecule has 2 fully saturated rings. The van der Waals surface area contributed by atoms with Gasteiger partial charge in [-0.1, -0.05) is 5.16 Å². The Balaban J connectivity index is 1.99. The molecule has 3 N–H and O–H groups in total. The first-order valence-electron chi connectivity index (χ1n) is 6.21. The van der Waals surface area contributed by atoms with Crippen LogP contribution in [0.5, 0.6) is 0 Å². The Labute approximate surface area is 112 Å². The molecule has 0 spiro atoms. The average molecular weight is 293 g/mol. The van der Waals surface area contributed by atoms with Crippen molar-refractivity contribution < 1.29 is 23.1 Å². The lowest BCUT2D eigenvalue weighted by molar-refractivity contribution is 0.0348. The topological polar surface area (TPSA) is 114 Å². The van der Waals surface area contributed by atoms with Crippen LogP contribution in [0.1, 0.15) is 12.8 Å². The molecule has 8 nitrogen and oxygen atoms in total. The summed E-state index contributed by atoms with van der Waals surface area (Å²) in [5, 5.41) is 11.5. The highest BCUT2D eigenvalue weighted by atomic mass is 32.2. The van der Waals surface area contributed by atoms with Gasteiger partial charge in [0.1, 0.15) is 6.10 Å². The van der Waals surface area contributed by atoms with Crippen LogP contribution in [0.4, 0.5) is 0 Å². The molecule has 19 heavy (non-hydrogen) atoms. The number of sulfonamides is 1. The second-order valence-electron chi connectivity index (χ2n) is 4.66. The maximum atomic E-state index is 12.2. The monoisotopic (exact) mass is 293 g/mol. The Kier molecular flexibility index (Phi) is 4.61. The molecule has 9 heteroatoms. The van der Waals surface area contributed by atoms with E-state index in [2.05, 4.69) is 5.16 Å². The summed E-state index contributed by atoms with van der Waals surface area (Å²) in [6, 6.07) is 0. The van der Waals surface area contributed by atoms with Crippen LogP contribution in [-0.4, -0.2) is 68.0 Å². The summed E-state index contributed by atoms with van der Waals surface area (Å²) in [4.78, 5) is 0. The van der Waals surface area contributed by atoms with Crippen molar-refractivity contribution in [1.29, 1.82) is 0 Å². The van der Waals surface area contributed by atoms with E-state index in [1.165, 1.54) is 4.31 Å². The fourth-order valence-electron chi connectivity index (χ4n) is 2.24. The first-order chi connectivity index (χ1) is 9.03. The number of oxime groups is 1. The summed E-state index contributed by atoms with van der Waals surface area (Å²) in [5.74, 6) is -0.132. The lowest BCUT2D eigenvalue weighted by atomic mass is 10.3. The predicted molar refractivity (Wildman–Crippen MR) is 67.5 cm³/mol. The molecule has 2 saturated heterocycles. The molecule has 0 aliphatic carbocycles. The number of morpholine rings is 1. The number of amidine groups is 1. The van der Waals surface area contributed by atoms with E-state index in [0.29, 0.717) is 6.61 Å². The summed E-state index contributed by atoms with van der Waals surface area (Å²) < 4.78 is 36.4. The smallest absolute Gasteiger partial charge is 0.216 e. The molecule has 2 aliphatic rings. The second kappa shape index (κ2) is 6.04. The van der Waals surface area contributed by atoms with Crippen LogP contribution in [0, 0.1) is 0 Å². The van der Waals surface area contributed by atoms with E-state index in [-0.39, 0.29) is 37.4 Å². The minimum absolute atomic E-state index is 0.0180. The van der Waals surface area contributed by atoms with Crippen LogP contribution >= 0.6 is 0 Å². The standard InChI is InChI=1S/C10H19N3O5S/c11-10(12-14)9-6-13(3-5-18-9)19(15,16)7-8-2-1-4-17-8/h8-9,14H,1-7H2,(H2,11,12). The average Bonchev–Trinajstić information content (AvgIpc) is 2.90. The van der Waals surface area contributed by atoms with Gasteiger partial charge in [-0.25, -0.2) is 8.42 Å². The molecule has 2 unspecified atom stereocenters. The number of ether oxygens (including phenoxy) is 2. The van der Waals surface area contributed by atoms with E-state index in [0.717, 1.165) is 12.8 Å². The maximum Gasteiger partial charge on any atom is 0.216 e. The molecule has 0 aromatic heterocycles. The fraction of sp³-hybridized carbons (Fsp3) is 0.900. The van der Waals surface area contributed by atoms with Gasteiger partial charge in [-0.2, -0.15) is 4.31 Å². The van der Waals surface area contributed by atoms with Gasteiger partial charge in [-0.15, -0.1) is 0 Å². The van der Waals surface area contributed by atoms with Gasteiger partial charge in [0.2, 0.25) is 10.0 Å². The molecule has 0 saturated carbocycles.